The Kier molecular flexibility index (Phi) is 7.26. The molecule has 29 heavy (non-hydrogen) atoms. The van der Waals surface area contributed by atoms with Crippen molar-refractivity contribution in [2.75, 3.05) is 13.2 Å². The van der Waals surface area contributed by atoms with E-state index in [0.29, 0.717) is 6.54 Å². The topological polar surface area (TPSA) is 123 Å². The molecule has 0 bridgehead atoms. The summed E-state index contributed by atoms with van der Waals surface area (Å²) in [5, 5.41) is 13.6. The molecule has 0 aromatic carbocycles. The maximum Gasteiger partial charge on any atom is 0.330 e. The molecule has 0 unspecified atom stereocenters. The highest BCUT2D eigenvalue weighted by molar-refractivity contribution is 6.74. The number of amides is 1. The van der Waals surface area contributed by atoms with E-state index in [1.807, 2.05) is 0 Å². The Morgan fingerprint density at radius 1 is 1.38 bits per heavy atom. The lowest BCUT2D eigenvalue weighted by atomic mass is 9.95. The van der Waals surface area contributed by atoms with E-state index in [9.17, 15) is 19.5 Å². The first-order valence-corrected chi connectivity index (χ1v) is 12.8. The van der Waals surface area contributed by atoms with Crippen molar-refractivity contribution in [3.05, 3.63) is 33.1 Å². The number of nitrogens with one attached hydrogen (secondary N) is 2. The molecule has 2 rings (SSSR count). The molecular weight excluding hydrogens is 394 g/mol. The zero-order valence-corrected chi connectivity index (χ0v) is 19.0. The lowest BCUT2D eigenvalue weighted by Gasteiger charge is -2.37. The number of nitrogens with zero attached hydrogens (tertiary/aromatic N) is 1. The second-order valence-corrected chi connectivity index (χ2v) is 13.8. The van der Waals surface area contributed by atoms with Crippen LogP contribution in [0, 0.1) is 5.92 Å². The largest absolute Gasteiger partial charge is 0.414 e. The highest BCUT2D eigenvalue weighted by atomic mass is 28.4. The van der Waals surface area contributed by atoms with Crippen LogP contribution in [0.25, 0.3) is 0 Å². The van der Waals surface area contributed by atoms with Crippen LogP contribution < -0.4 is 16.6 Å². The smallest absolute Gasteiger partial charge is 0.330 e. The van der Waals surface area contributed by atoms with Gasteiger partial charge in [0.1, 0.15) is 12.3 Å². The van der Waals surface area contributed by atoms with Crippen LogP contribution in [0.5, 0.6) is 0 Å². The Morgan fingerprint density at radius 3 is 2.59 bits per heavy atom. The number of H-pyrrole nitrogens is 1. The van der Waals surface area contributed by atoms with Gasteiger partial charge >= 0.3 is 5.69 Å². The number of carbonyl (C=O) groups excluding carboxylic acids is 1. The number of ether oxygens (including phenoxy) is 1. The van der Waals surface area contributed by atoms with Crippen LogP contribution in [0.1, 0.15) is 40.3 Å². The van der Waals surface area contributed by atoms with Crippen LogP contribution >= 0.6 is 0 Å². The first-order valence-electron chi connectivity index (χ1n) is 9.93. The molecule has 0 spiro atoms. The molecule has 4 atom stereocenters. The third kappa shape index (κ3) is 5.44. The lowest BCUT2D eigenvalue weighted by molar-refractivity contribution is -0.123. The summed E-state index contributed by atoms with van der Waals surface area (Å²) in [7, 11) is -2.07. The standard InChI is InChI=1S/C19H33N3O6Si/c1-7-20-15(24)10-12-16(25)13(11-27-29(5,6)19(2,3)4)28-17(12)22-9-8-14(23)21-18(22)26/h8-9,12-13,16-17,25H,7,10-11H2,1-6H3,(H,20,24)(H,21,23,26)/t12-,13-,16+,17-/m1/s1. The summed E-state index contributed by atoms with van der Waals surface area (Å²) in [5.74, 6) is -0.897. The van der Waals surface area contributed by atoms with Crippen molar-refractivity contribution in [1.29, 1.82) is 0 Å². The Bertz CT molecular complexity index is 828. The average Bonchev–Trinajstić information content (AvgIpc) is 2.88. The Morgan fingerprint density at radius 2 is 2.03 bits per heavy atom. The van der Waals surface area contributed by atoms with Gasteiger partial charge < -0.3 is 19.6 Å². The quantitative estimate of drug-likeness (QED) is 0.557. The van der Waals surface area contributed by atoms with Gasteiger partial charge in [0.15, 0.2) is 8.32 Å². The van der Waals surface area contributed by atoms with E-state index < -0.39 is 43.9 Å². The van der Waals surface area contributed by atoms with Crippen LogP contribution in [-0.4, -0.2) is 54.2 Å². The van der Waals surface area contributed by atoms with E-state index in [-0.39, 0.29) is 24.0 Å². The number of aliphatic hydroxyl groups is 1. The molecule has 3 N–H and O–H groups in total. The van der Waals surface area contributed by atoms with Gasteiger partial charge in [-0.2, -0.15) is 0 Å². The molecule has 0 saturated carbocycles. The maximum absolute atomic E-state index is 12.3. The average molecular weight is 428 g/mol. The van der Waals surface area contributed by atoms with Crippen molar-refractivity contribution >= 4 is 14.2 Å². The second-order valence-electron chi connectivity index (χ2n) is 8.97. The summed E-state index contributed by atoms with van der Waals surface area (Å²) in [4.78, 5) is 38.0. The van der Waals surface area contributed by atoms with Crippen molar-refractivity contribution in [3.63, 3.8) is 0 Å². The van der Waals surface area contributed by atoms with E-state index >= 15 is 0 Å². The Balaban J connectivity index is 2.27. The minimum atomic E-state index is -2.07. The van der Waals surface area contributed by atoms with Crippen LogP contribution in [0.15, 0.2) is 21.9 Å². The van der Waals surface area contributed by atoms with Gasteiger partial charge in [-0.05, 0) is 25.1 Å². The van der Waals surface area contributed by atoms with E-state index in [0.717, 1.165) is 0 Å². The van der Waals surface area contributed by atoms with Gasteiger partial charge in [-0.3, -0.25) is 19.1 Å². The molecule has 1 aliphatic rings. The Hall–Kier alpha value is -1.75. The third-order valence-corrected chi connectivity index (χ3v) is 10.3. The first kappa shape index (κ1) is 23.5. The van der Waals surface area contributed by atoms with Crippen molar-refractivity contribution in [1.82, 2.24) is 14.9 Å². The SMILES string of the molecule is CCNC(=O)C[C@@H]1[C@H](O)[C@@H](CO[Si](C)(C)C(C)(C)C)O[C@H]1n1ccc(=O)[nH]c1=O. The van der Waals surface area contributed by atoms with Crippen molar-refractivity contribution in [3.8, 4) is 0 Å². The van der Waals surface area contributed by atoms with Gasteiger partial charge in [0.25, 0.3) is 5.56 Å². The fourth-order valence-electron chi connectivity index (χ4n) is 3.05. The fraction of sp³-hybridized carbons (Fsp3) is 0.737. The van der Waals surface area contributed by atoms with E-state index in [2.05, 4.69) is 44.2 Å². The number of rotatable bonds is 7. The van der Waals surface area contributed by atoms with Crippen LogP contribution in [0.3, 0.4) is 0 Å². The molecule has 1 aromatic rings. The summed E-state index contributed by atoms with van der Waals surface area (Å²) < 4.78 is 13.4. The summed E-state index contributed by atoms with van der Waals surface area (Å²) in [6, 6.07) is 1.21. The van der Waals surface area contributed by atoms with Gasteiger partial charge in [-0.1, -0.05) is 20.8 Å². The number of carbonyl (C=O) groups is 1. The molecule has 2 heterocycles. The molecule has 0 aliphatic carbocycles. The van der Waals surface area contributed by atoms with E-state index in [1.165, 1.54) is 16.8 Å². The number of aromatic amines is 1. The zero-order chi connectivity index (χ0) is 22.0. The lowest BCUT2D eigenvalue weighted by Crippen LogP contribution is -2.44. The summed E-state index contributed by atoms with van der Waals surface area (Å²) in [6.45, 7) is 13.0. The van der Waals surface area contributed by atoms with Crippen molar-refractivity contribution in [2.24, 2.45) is 5.92 Å². The molecule has 1 aliphatic heterocycles. The number of aliphatic hydroxyl groups excluding tert-OH is 1. The maximum atomic E-state index is 12.3. The Labute approximate surface area is 171 Å². The van der Waals surface area contributed by atoms with E-state index in [1.54, 1.807) is 6.92 Å². The highest BCUT2D eigenvalue weighted by Crippen LogP contribution is 2.39. The molecule has 1 aromatic heterocycles. The van der Waals surface area contributed by atoms with Gasteiger partial charge in [0.05, 0.1) is 12.7 Å². The minimum Gasteiger partial charge on any atom is -0.414 e. The van der Waals surface area contributed by atoms with E-state index in [4.69, 9.17) is 9.16 Å². The zero-order valence-electron chi connectivity index (χ0n) is 18.0. The fourth-order valence-corrected chi connectivity index (χ4v) is 4.07. The van der Waals surface area contributed by atoms with Gasteiger partial charge in [-0.25, -0.2) is 4.79 Å². The van der Waals surface area contributed by atoms with Gasteiger partial charge in [0.2, 0.25) is 5.91 Å². The number of aromatic nitrogens is 2. The molecule has 164 valence electrons. The normalized spacial score (nSPS) is 25.2. The second kappa shape index (κ2) is 8.95. The van der Waals surface area contributed by atoms with Crippen molar-refractivity contribution < 1.29 is 19.1 Å². The predicted molar refractivity (Wildman–Crippen MR) is 111 cm³/mol. The van der Waals surface area contributed by atoms with Crippen molar-refractivity contribution in [2.45, 2.75) is 70.7 Å². The predicted octanol–water partition coefficient (Wildman–Crippen LogP) is 0.959. The van der Waals surface area contributed by atoms with Crippen LogP contribution in [-0.2, 0) is 14.0 Å². The van der Waals surface area contributed by atoms with Gasteiger partial charge in [0, 0.05) is 31.1 Å². The molecule has 9 nitrogen and oxygen atoms in total. The molecule has 1 fully saturated rings. The molecule has 0 radical (unpaired) electrons. The van der Waals surface area contributed by atoms with Crippen LogP contribution in [0.4, 0.5) is 0 Å². The number of hydrogen-bond donors (Lipinski definition) is 3. The monoisotopic (exact) mass is 427 g/mol. The highest BCUT2D eigenvalue weighted by Gasteiger charge is 2.47. The van der Waals surface area contributed by atoms with Crippen LogP contribution in [0.2, 0.25) is 18.1 Å². The molecule has 1 amide bonds. The number of hydrogen-bond acceptors (Lipinski definition) is 6. The minimum absolute atomic E-state index is 0.00771. The molecule has 10 heteroatoms. The molecule has 1 saturated heterocycles. The summed E-state index contributed by atoms with van der Waals surface area (Å²) in [5.41, 5.74) is -1.18. The first-order chi connectivity index (χ1) is 13.4. The summed E-state index contributed by atoms with van der Waals surface area (Å²) in [6.07, 6.45) is -1.26. The third-order valence-electron chi connectivity index (χ3n) is 5.84. The molecular formula is C19H33N3O6Si. The summed E-state index contributed by atoms with van der Waals surface area (Å²) >= 11 is 0. The van der Waals surface area contributed by atoms with Gasteiger partial charge in [-0.15, -0.1) is 0 Å².